The Bertz CT molecular complexity index is 427. The van der Waals surface area contributed by atoms with Gasteiger partial charge in [0.05, 0.1) is 6.04 Å². The van der Waals surface area contributed by atoms with Crippen molar-refractivity contribution < 1.29 is 0 Å². The first-order valence-corrected chi connectivity index (χ1v) is 7.74. The van der Waals surface area contributed by atoms with Crippen LogP contribution in [0.5, 0.6) is 0 Å². The first-order valence-electron chi connectivity index (χ1n) is 7.74. The lowest BCUT2D eigenvalue weighted by Gasteiger charge is -2.31. The number of fused-ring (bicyclic) bond motifs is 4. The van der Waals surface area contributed by atoms with Gasteiger partial charge in [0.1, 0.15) is 0 Å². The second-order valence-electron chi connectivity index (χ2n) is 7.46. The molecule has 0 N–H and O–H groups in total. The molecule has 0 aliphatic heterocycles. The molecular formula is C16H23NO. The molecule has 2 nitrogen and oxygen atoms in total. The van der Waals surface area contributed by atoms with Crippen LogP contribution >= 0.6 is 0 Å². The van der Waals surface area contributed by atoms with Crippen molar-refractivity contribution in [3.8, 4) is 0 Å². The lowest BCUT2D eigenvalue weighted by atomic mass is 9.74. The van der Waals surface area contributed by atoms with E-state index < -0.39 is 0 Å². The highest BCUT2D eigenvalue weighted by atomic mass is 16.3. The Labute approximate surface area is 109 Å². The molecule has 5 atom stereocenters. The average molecular weight is 245 g/mol. The topological polar surface area (TPSA) is 29.4 Å². The summed E-state index contributed by atoms with van der Waals surface area (Å²) in [5.41, 5.74) is 3.95. The van der Waals surface area contributed by atoms with Crippen LogP contribution in [0.25, 0.3) is 0 Å². The van der Waals surface area contributed by atoms with Crippen LogP contribution in [0.1, 0.15) is 58.3 Å². The number of nitroso groups, excluding NO2 is 1. The van der Waals surface area contributed by atoms with Gasteiger partial charge in [-0.3, -0.25) is 0 Å². The van der Waals surface area contributed by atoms with Crippen LogP contribution in [0.15, 0.2) is 16.3 Å². The average Bonchev–Trinajstić information content (AvgIpc) is 2.98. The fourth-order valence-corrected chi connectivity index (χ4v) is 5.94. The van der Waals surface area contributed by atoms with E-state index in [1.165, 1.54) is 38.5 Å². The summed E-state index contributed by atoms with van der Waals surface area (Å²) in [6, 6.07) is 0.0852. The van der Waals surface area contributed by atoms with Crippen LogP contribution in [-0.4, -0.2) is 6.04 Å². The summed E-state index contributed by atoms with van der Waals surface area (Å²) in [4.78, 5) is 10.8. The molecule has 4 aliphatic rings. The SMILES string of the molecule is CC12CCCC1C1CCC3=C(C[C@H](N=O)C3)C1C2. The molecule has 2 heteroatoms. The van der Waals surface area contributed by atoms with E-state index >= 15 is 0 Å². The normalized spacial score (nSPS) is 50.1. The fraction of sp³-hybridized carbons (Fsp3) is 0.875. The molecule has 4 unspecified atom stereocenters. The van der Waals surface area contributed by atoms with Crippen molar-refractivity contribution in [2.75, 3.05) is 0 Å². The van der Waals surface area contributed by atoms with Gasteiger partial charge in [0.25, 0.3) is 0 Å². The smallest absolute Gasteiger partial charge is 0.0993 e. The number of rotatable bonds is 1. The van der Waals surface area contributed by atoms with Crippen LogP contribution in [0.2, 0.25) is 0 Å². The molecule has 0 saturated heterocycles. The van der Waals surface area contributed by atoms with Crippen LogP contribution in [0, 0.1) is 28.1 Å². The molecule has 98 valence electrons. The van der Waals surface area contributed by atoms with Crippen LogP contribution in [0.3, 0.4) is 0 Å². The Kier molecular flexibility index (Phi) is 2.29. The third-order valence-corrected chi connectivity index (χ3v) is 6.65. The summed E-state index contributed by atoms with van der Waals surface area (Å²) in [7, 11) is 0. The zero-order valence-electron chi connectivity index (χ0n) is 11.3. The van der Waals surface area contributed by atoms with E-state index in [9.17, 15) is 4.91 Å². The highest BCUT2D eigenvalue weighted by molar-refractivity contribution is 5.31. The van der Waals surface area contributed by atoms with E-state index in [0.29, 0.717) is 5.41 Å². The molecule has 0 heterocycles. The van der Waals surface area contributed by atoms with Crippen LogP contribution in [-0.2, 0) is 0 Å². The van der Waals surface area contributed by atoms with E-state index in [0.717, 1.165) is 30.6 Å². The Balaban J connectivity index is 1.65. The van der Waals surface area contributed by atoms with Gasteiger partial charge in [0, 0.05) is 0 Å². The van der Waals surface area contributed by atoms with Gasteiger partial charge in [-0.25, -0.2) is 0 Å². The van der Waals surface area contributed by atoms with E-state index in [1.807, 2.05) is 0 Å². The number of hydrogen-bond donors (Lipinski definition) is 0. The molecule has 0 aromatic heterocycles. The lowest BCUT2D eigenvalue weighted by Crippen LogP contribution is -2.22. The first kappa shape index (κ1) is 11.2. The molecule has 4 aliphatic carbocycles. The van der Waals surface area contributed by atoms with E-state index in [4.69, 9.17) is 0 Å². The molecule has 0 radical (unpaired) electrons. The largest absolute Gasteiger partial charge is 0.150 e. The third kappa shape index (κ3) is 1.35. The lowest BCUT2D eigenvalue weighted by molar-refractivity contribution is 0.227. The zero-order valence-corrected chi connectivity index (χ0v) is 11.3. The van der Waals surface area contributed by atoms with E-state index in [-0.39, 0.29) is 6.04 Å². The van der Waals surface area contributed by atoms with Gasteiger partial charge < -0.3 is 0 Å². The van der Waals surface area contributed by atoms with Gasteiger partial charge in [0.15, 0.2) is 0 Å². The quantitative estimate of drug-likeness (QED) is 0.496. The third-order valence-electron chi connectivity index (χ3n) is 6.65. The highest BCUT2D eigenvalue weighted by Crippen LogP contribution is 2.64. The van der Waals surface area contributed by atoms with Crippen molar-refractivity contribution >= 4 is 0 Å². The summed E-state index contributed by atoms with van der Waals surface area (Å²) in [5.74, 6) is 2.76. The fourth-order valence-electron chi connectivity index (χ4n) is 5.94. The minimum Gasteiger partial charge on any atom is -0.150 e. The predicted molar refractivity (Wildman–Crippen MR) is 72.1 cm³/mol. The zero-order chi connectivity index (χ0) is 12.3. The molecule has 0 bridgehead atoms. The maximum atomic E-state index is 10.8. The van der Waals surface area contributed by atoms with Gasteiger partial charge in [0.2, 0.25) is 0 Å². The van der Waals surface area contributed by atoms with Crippen LogP contribution in [0.4, 0.5) is 0 Å². The van der Waals surface area contributed by atoms with Gasteiger partial charge in [-0.1, -0.05) is 29.7 Å². The molecule has 0 spiro atoms. The maximum Gasteiger partial charge on any atom is 0.0993 e. The summed E-state index contributed by atoms with van der Waals surface area (Å²) in [6.45, 7) is 2.54. The summed E-state index contributed by atoms with van der Waals surface area (Å²) in [6.07, 6.45) is 10.4. The van der Waals surface area contributed by atoms with Crippen molar-refractivity contribution in [1.82, 2.24) is 0 Å². The van der Waals surface area contributed by atoms with Crippen LogP contribution < -0.4 is 0 Å². The standard InChI is InChI=1S/C16H23NO/c1-16-6-2-3-15(16)12-5-4-10-7-11(17-18)8-13(10)14(12)9-16/h11-12,14-15H,2-9H2,1H3/t11-,12?,14?,15?,16?/m1/s1. The molecule has 2 fully saturated rings. The molecule has 2 saturated carbocycles. The van der Waals surface area contributed by atoms with Crippen molar-refractivity contribution in [3.63, 3.8) is 0 Å². The van der Waals surface area contributed by atoms with Gasteiger partial charge >= 0.3 is 0 Å². The number of hydrogen-bond acceptors (Lipinski definition) is 2. The van der Waals surface area contributed by atoms with Crippen molar-refractivity contribution in [1.29, 1.82) is 0 Å². The molecule has 0 amide bonds. The molecule has 18 heavy (non-hydrogen) atoms. The van der Waals surface area contributed by atoms with Crippen molar-refractivity contribution in [3.05, 3.63) is 16.1 Å². The molecule has 0 aromatic rings. The van der Waals surface area contributed by atoms with E-state index in [1.54, 1.807) is 11.1 Å². The summed E-state index contributed by atoms with van der Waals surface area (Å²) < 4.78 is 0. The summed E-state index contributed by atoms with van der Waals surface area (Å²) in [5, 5.41) is 3.32. The highest BCUT2D eigenvalue weighted by Gasteiger charge is 2.55. The Morgan fingerprint density at radius 1 is 1.28 bits per heavy atom. The number of nitrogens with zero attached hydrogens (tertiary/aromatic N) is 1. The second kappa shape index (κ2) is 3.68. The van der Waals surface area contributed by atoms with Crippen molar-refractivity contribution in [2.24, 2.45) is 28.3 Å². The monoisotopic (exact) mass is 245 g/mol. The first-order chi connectivity index (χ1) is 8.71. The minimum atomic E-state index is 0.0852. The van der Waals surface area contributed by atoms with E-state index in [2.05, 4.69) is 12.1 Å². The maximum absolute atomic E-state index is 10.8. The Morgan fingerprint density at radius 3 is 3.00 bits per heavy atom. The second-order valence-corrected chi connectivity index (χ2v) is 7.46. The van der Waals surface area contributed by atoms with Gasteiger partial charge in [-0.2, -0.15) is 4.91 Å². The molecule has 4 rings (SSSR count). The predicted octanol–water partition coefficient (Wildman–Crippen LogP) is 4.45. The van der Waals surface area contributed by atoms with Crippen molar-refractivity contribution in [2.45, 2.75) is 64.3 Å². The molecular weight excluding hydrogens is 222 g/mol. The Hall–Kier alpha value is -0.660. The van der Waals surface area contributed by atoms with Gasteiger partial charge in [-0.15, -0.1) is 0 Å². The minimum absolute atomic E-state index is 0.0852. The molecule has 0 aromatic carbocycles. The summed E-state index contributed by atoms with van der Waals surface area (Å²) >= 11 is 0. The Morgan fingerprint density at radius 2 is 2.17 bits per heavy atom. The van der Waals surface area contributed by atoms with Gasteiger partial charge in [-0.05, 0) is 68.1 Å².